The van der Waals surface area contributed by atoms with E-state index in [0.717, 1.165) is 19.3 Å². The molecule has 1 heterocycles. The fraction of sp³-hybridized carbons (Fsp3) is 0.538. The van der Waals surface area contributed by atoms with Crippen LogP contribution in [-0.4, -0.2) is 41.7 Å². The predicted molar refractivity (Wildman–Crippen MR) is 74.3 cm³/mol. The number of anilines is 1. The second kappa shape index (κ2) is 5.75. The highest BCUT2D eigenvalue weighted by molar-refractivity contribution is 6.30. The first kappa shape index (κ1) is 14.1. The van der Waals surface area contributed by atoms with Crippen LogP contribution in [0.25, 0.3) is 0 Å². The van der Waals surface area contributed by atoms with E-state index in [0.29, 0.717) is 17.4 Å². The van der Waals surface area contributed by atoms with Crippen molar-refractivity contribution >= 4 is 23.3 Å². The second-order valence-corrected chi connectivity index (χ2v) is 5.48. The molecule has 0 spiro atoms. The number of aliphatic hydroxyl groups is 1. The van der Waals surface area contributed by atoms with E-state index in [1.54, 1.807) is 30.3 Å². The van der Waals surface area contributed by atoms with E-state index in [1.807, 2.05) is 0 Å². The number of likely N-dealkylation sites (N-methyl/N-ethyl adjacent to an activating group) is 1. The first-order valence-corrected chi connectivity index (χ1v) is 6.68. The first-order chi connectivity index (χ1) is 8.98. The molecular formula is C13H18ClN3O2. The van der Waals surface area contributed by atoms with E-state index in [9.17, 15) is 9.90 Å². The van der Waals surface area contributed by atoms with Gasteiger partial charge >= 0.3 is 0 Å². The van der Waals surface area contributed by atoms with E-state index < -0.39 is 5.60 Å². The molecule has 1 aromatic heterocycles. The molecule has 1 saturated carbocycles. The molecule has 1 aliphatic carbocycles. The lowest BCUT2D eigenvalue weighted by atomic mass is 9.80. The minimum Gasteiger partial charge on any atom is -0.388 e. The van der Waals surface area contributed by atoms with Gasteiger partial charge in [-0.15, -0.1) is 0 Å². The van der Waals surface area contributed by atoms with Gasteiger partial charge in [0, 0.05) is 19.8 Å². The Morgan fingerprint density at radius 2 is 2.32 bits per heavy atom. The molecule has 0 atom stereocenters. The third kappa shape index (κ3) is 3.81. The van der Waals surface area contributed by atoms with Crippen molar-refractivity contribution in [3.63, 3.8) is 0 Å². The van der Waals surface area contributed by atoms with Gasteiger partial charge in [0.25, 0.3) is 0 Å². The summed E-state index contributed by atoms with van der Waals surface area (Å²) in [7, 11) is 1.79. The Hall–Kier alpha value is -1.33. The van der Waals surface area contributed by atoms with Gasteiger partial charge in [-0.05, 0) is 31.4 Å². The highest BCUT2D eigenvalue weighted by Gasteiger charge is 2.34. The monoisotopic (exact) mass is 283 g/mol. The summed E-state index contributed by atoms with van der Waals surface area (Å²) in [5.74, 6) is 0.557. The molecule has 1 amide bonds. The number of rotatable bonds is 5. The predicted octanol–water partition coefficient (Wildman–Crippen LogP) is 1.20. The molecular weight excluding hydrogens is 266 g/mol. The number of pyridine rings is 1. The smallest absolute Gasteiger partial charge is 0.239 e. The van der Waals surface area contributed by atoms with Gasteiger partial charge in [-0.2, -0.15) is 0 Å². The maximum Gasteiger partial charge on any atom is 0.239 e. The average molecular weight is 284 g/mol. The van der Waals surface area contributed by atoms with E-state index in [2.05, 4.69) is 10.3 Å². The van der Waals surface area contributed by atoms with Crippen LogP contribution in [0.4, 0.5) is 5.82 Å². The Morgan fingerprint density at radius 1 is 1.58 bits per heavy atom. The molecule has 6 heteroatoms. The van der Waals surface area contributed by atoms with Crippen molar-refractivity contribution in [1.29, 1.82) is 0 Å². The van der Waals surface area contributed by atoms with Crippen LogP contribution >= 0.6 is 11.6 Å². The fourth-order valence-corrected chi connectivity index (χ4v) is 2.08. The Balaban J connectivity index is 1.79. The number of amides is 1. The Bertz CT molecular complexity index is 446. The molecule has 0 radical (unpaired) electrons. The van der Waals surface area contributed by atoms with Gasteiger partial charge in [0.1, 0.15) is 5.82 Å². The van der Waals surface area contributed by atoms with Crippen LogP contribution in [0.1, 0.15) is 19.3 Å². The zero-order valence-electron chi connectivity index (χ0n) is 10.9. The summed E-state index contributed by atoms with van der Waals surface area (Å²) >= 11 is 5.76. The zero-order chi connectivity index (χ0) is 13.9. The van der Waals surface area contributed by atoms with Gasteiger partial charge in [0.05, 0.1) is 17.2 Å². The third-order valence-electron chi connectivity index (χ3n) is 3.38. The van der Waals surface area contributed by atoms with Gasteiger partial charge in [0.2, 0.25) is 5.91 Å². The van der Waals surface area contributed by atoms with Crippen molar-refractivity contribution < 1.29 is 9.90 Å². The van der Waals surface area contributed by atoms with Gasteiger partial charge < -0.3 is 15.3 Å². The molecule has 19 heavy (non-hydrogen) atoms. The maximum atomic E-state index is 11.8. The number of halogens is 1. The topological polar surface area (TPSA) is 65.5 Å². The van der Waals surface area contributed by atoms with Crippen molar-refractivity contribution in [2.45, 2.75) is 24.9 Å². The van der Waals surface area contributed by atoms with Crippen molar-refractivity contribution in [2.75, 3.05) is 25.0 Å². The summed E-state index contributed by atoms with van der Waals surface area (Å²) in [6.45, 7) is 0.526. The molecule has 2 N–H and O–H groups in total. The lowest BCUT2D eigenvalue weighted by molar-refractivity contribution is -0.122. The normalized spacial score (nSPS) is 16.6. The van der Waals surface area contributed by atoms with Crippen LogP contribution < -0.4 is 10.2 Å². The molecule has 104 valence electrons. The third-order valence-corrected chi connectivity index (χ3v) is 3.61. The van der Waals surface area contributed by atoms with Crippen LogP contribution in [0.5, 0.6) is 0 Å². The van der Waals surface area contributed by atoms with Crippen LogP contribution in [0.3, 0.4) is 0 Å². The van der Waals surface area contributed by atoms with Gasteiger partial charge in [-0.3, -0.25) is 4.79 Å². The summed E-state index contributed by atoms with van der Waals surface area (Å²) in [4.78, 5) is 17.6. The number of carbonyl (C=O) groups excluding carboxylic acids is 1. The number of nitrogens with zero attached hydrogens (tertiary/aromatic N) is 2. The van der Waals surface area contributed by atoms with Crippen LogP contribution in [0.15, 0.2) is 18.3 Å². The lowest BCUT2D eigenvalue weighted by Gasteiger charge is -2.36. The number of hydrogen-bond acceptors (Lipinski definition) is 4. The molecule has 0 saturated heterocycles. The minimum absolute atomic E-state index is 0.125. The van der Waals surface area contributed by atoms with Gasteiger partial charge in [-0.25, -0.2) is 4.98 Å². The average Bonchev–Trinajstić information content (AvgIpc) is 2.35. The van der Waals surface area contributed by atoms with Crippen LogP contribution in [-0.2, 0) is 4.79 Å². The van der Waals surface area contributed by atoms with Crippen LogP contribution in [0, 0.1) is 0 Å². The molecule has 0 aromatic carbocycles. The van der Waals surface area contributed by atoms with Crippen molar-refractivity contribution in [2.24, 2.45) is 0 Å². The van der Waals surface area contributed by atoms with Gasteiger partial charge in [0.15, 0.2) is 0 Å². The number of hydrogen-bond donors (Lipinski definition) is 2. The first-order valence-electron chi connectivity index (χ1n) is 6.30. The van der Waals surface area contributed by atoms with E-state index in [-0.39, 0.29) is 12.5 Å². The zero-order valence-corrected chi connectivity index (χ0v) is 11.7. The van der Waals surface area contributed by atoms with Crippen molar-refractivity contribution in [1.82, 2.24) is 10.3 Å². The fourth-order valence-electron chi connectivity index (χ4n) is 1.97. The van der Waals surface area contributed by atoms with E-state index in [4.69, 9.17) is 11.6 Å². The van der Waals surface area contributed by atoms with Crippen molar-refractivity contribution in [3.05, 3.63) is 23.4 Å². The minimum atomic E-state index is -0.688. The largest absolute Gasteiger partial charge is 0.388 e. The molecule has 0 bridgehead atoms. The Labute approximate surface area is 117 Å². The SMILES string of the molecule is CN(CC(=O)NCC1(O)CCC1)c1ccc(Cl)cn1. The molecule has 0 unspecified atom stereocenters. The Morgan fingerprint density at radius 3 is 2.84 bits per heavy atom. The highest BCUT2D eigenvalue weighted by atomic mass is 35.5. The van der Waals surface area contributed by atoms with E-state index in [1.165, 1.54) is 0 Å². The summed E-state index contributed by atoms with van der Waals surface area (Å²) in [6, 6.07) is 3.49. The Kier molecular flexibility index (Phi) is 4.27. The summed E-state index contributed by atoms with van der Waals surface area (Å²) in [6.07, 6.45) is 4.10. The van der Waals surface area contributed by atoms with Crippen molar-refractivity contribution in [3.8, 4) is 0 Å². The highest BCUT2D eigenvalue weighted by Crippen LogP contribution is 2.30. The van der Waals surface area contributed by atoms with Crippen LogP contribution in [0.2, 0.25) is 5.02 Å². The molecule has 5 nitrogen and oxygen atoms in total. The molecule has 1 aliphatic rings. The summed E-state index contributed by atoms with van der Waals surface area (Å²) in [5, 5.41) is 13.2. The standard InChI is InChI=1S/C13H18ClN3O2/c1-17(11-4-3-10(14)7-15-11)8-12(18)16-9-13(19)5-2-6-13/h3-4,7,19H,2,5-6,8-9H2,1H3,(H,16,18). The quantitative estimate of drug-likeness (QED) is 0.852. The number of carbonyl (C=O) groups is 1. The lowest BCUT2D eigenvalue weighted by Crippen LogP contribution is -2.49. The second-order valence-electron chi connectivity index (χ2n) is 5.05. The number of aromatic nitrogens is 1. The number of nitrogens with one attached hydrogen (secondary N) is 1. The maximum absolute atomic E-state index is 11.8. The molecule has 2 rings (SSSR count). The molecule has 0 aliphatic heterocycles. The van der Waals surface area contributed by atoms with E-state index >= 15 is 0 Å². The van der Waals surface area contributed by atoms with Gasteiger partial charge in [-0.1, -0.05) is 11.6 Å². The molecule has 1 fully saturated rings. The summed E-state index contributed by atoms with van der Waals surface area (Å²) in [5.41, 5.74) is -0.688. The summed E-state index contributed by atoms with van der Waals surface area (Å²) < 4.78 is 0. The molecule has 1 aromatic rings.